The Morgan fingerprint density at radius 2 is 2.12 bits per heavy atom. The number of rotatable bonds is 3. The van der Waals surface area contributed by atoms with Crippen LogP contribution in [0.4, 0.5) is 11.4 Å². The van der Waals surface area contributed by atoms with Gasteiger partial charge in [0.2, 0.25) is 0 Å². The van der Waals surface area contributed by atoms with Crippen molar-refractivity contribution in [3.8, 4) is 5.69 Å². The second-order valence-electron chi connectivity index (χ2n) is 6.31. The number of hydrogen-bond acceptors (Lipinski definition) is 6. The molecule has 0 aliphatic carbocycles. The third-order valence-corrected chi connectivity index (χ3v) is 4.59. The number of benzene rings is 2. The molecular weight excluding hydrogens is 334 g/mol. The number of hydrogen-bond donors (Lipinski definition) is 2. The van der Waals surface area contributed by atoms with Gasteiger partial charge in [0, 0.05) is 17.8 Å². The van der Waals surface area contributed by atoms with Gasteiger partial charge in [-0.1, -0.05) is 6.07 Å². The Labute approximate surface area is 148 Å². The van der Waals surface area contributed by atoms with Gasteiger partial charge in [0.25, 0.3) is 11.2 Å². The molecular formula is C18H17N5O3. The zero-order chi connectivity index (χ0) is 18.3. The quantitative estimate of drug-likeness (QED) is 0.425. The van der Waals surface area contributed by atoms with Crippen molar-refractivity contribution in [2.75, 3.05) is 12.3 Å². The van der Waals surface area contributed by atoms with E-state index < -0.39 is 4.92 Å². The number of nitrogens with one attached hydrogen (secondary N) is 1. The molecule has 0 radical (unpaired) electrons. The summed E-state index contributed by atoms with van der Waals surface area (Å²) in [6, 6.07) is 11.1. The van der Waals surface area contributed by atoms with Gasteiger partial charge in [0.15, 0.2) is 0 Å². The molecule has 2 heterocycles. The number of nitro groups is 1. The first-order valence-corrected chi connectivity index (χ1v) is 8.35. The van der Waals surface area contributed by atoms with Gasteiger partial charge in [0.05, 0.1) is 27.6 Å². The van der Waals surface area contributed by atoms with Crippen LogP contribution < -0.4 is 16.6 Å². The molecule has 1 saturated heterocycles. The minimum Gasteiger partial charge on any atom is -0.399 e. The zero-order valence-corrected chi connectivity index (χ0v) is 13.9. The summed E-state index contributed by atoms with van der Waals surface area (Å²) >= 11 is 0. The standard InChI is InChI=1S/C18H17N5O3/c19-11-3-1-4-12(9-11)22-17(16-5-2-8-20-16)21-15-7-6-13(23(25)26)10-14(15)18(22)24/h1,3-4,6-7,9-10,16,20H,2,5,8,19H2. The average molecular weight is 351 g/mol. The van der Waals surface area contributed by atoms with Gasteiger partial charge in [-0.25, -0.2) is 4.98 Å². The van der Waals surface area contributed by atoms with E-state index in [4.69, 9.17) is 5.73 Å². The van der Waals surface area contributed by atoms with Crippen LogP contribution in [0, 0.1) is 10.1 Å². The number of non-ortho nitro benzene ring substituents is 1. The molecule has 1 aromatic heterocycles. The maximum atomic E-state index is 13.2. The molecule has 132 valence electrons. The van der Waals surface area contributed by atoms with E-state index in [-0.39, 0.29) is 22.7 Å². The van der Waals surface area contributed by atoms with E-state index >= 15 is 0 Å². The summed E-state index contributed by atoms with van der Waals surface area (Å²) in [6.07, 6.45) is 1.86. The molecule has 4 rings (SSSR count). The maximum absolute atomic E-state index is 13.2. The van der Waals surface area contributed by atoms with Crippen LogP contribution in [0.3, 0.4) is 0 Å². The van der Waals surface area contributed by atoms with Crippen molar-refractivity contribution in [2.45, 2.75) is 18.9 Å². The Kier molecular flexibility index (Phi) is 3.89. The van der Waals surface area contributed by atoms with Gasteiger partial charge in [-0.3, -0.25) is 19.5 Å². The van der Waals surface area contributed by atoms with Crippen molar-refractivity contribution in [1.29, 1.82) is 0 Å². The number of nitro benzene ring substituents is 1. The molecule has 3 N–H and O–H groups in total. The van der Waals surface area contributed by atoms with Crippen LogP contribution in [0.5, 0.6) is 0 Å². The topological polar surface area (TPSA) is 116 Å². The summed E-state index contributed by atoms with van der Waals surface area (Å²) in [4.78, 5) is 28.4. The highest BCUT2D eigenvalue weighted by molar-refractivity contribution is 5.80. The van der Waals surface area contributed by atoms with Gasteiger partial charge in [-0.2, -0.15) is 0 Å². The van der Waals surface area contributed by atoms with Gasteiger partial charge >= 0.3 is 0 Å². The molecule has 2 aromatic carbocycles. The molecule has 1 aliphatic heterocycles. The van der Waals surface area contributed by atoms with E-state index in [1.54, 1.807) is 24.3 Å². The number of fused-ring (bicyclic) bond motifs is 1. The molecule has 8 nitrogen and oxygen atoms in total. The van der Waals surface area contributed by atoms with Crippen molar-refractivity contribution in [3.05, 3.63) is 68.8 Å². The molecule has 0 spiro atoms. The average Bonchev–Trinajstić information content (AvgIpc) is 3.15. The number of anilines is 1. The largest absolute Gasteiger partial charge is 0.399 e. The molecule has 1 aliphatic rings. The third kappa shape index (κ3) is 2.70. The van der Waals surface area contributed by atoms with Crippen molar-refractivity contribution in [2.24, 2.45) is 0 Å². The second kappa shape index (κ2) is 6.23. The van der Waals surface area contributed by atoms with E-state index in [0.717, 1.165) is 19.4 Å². The number of aromatic nitrogens is 2. The fraction of sp³-hybridized carbons (Fsp3) is 0.222. The Hall–Kier alpha value is -3.26. The Morgan fingerprint density at radius 1 is 1.27 bits per heavy atom. The van der Waals surface area contributed by atoms with Crippen molar-refractivity contribution in [3.63, 3.8) is 0 Å². The molecule has 8 heteroatoms. The molecule has 1 unspecified atom stereocenters. The fourth-order valence-corrected chi connectivity index (χ4v) is 3.36. The van der Waals surface area contributed by atoms with Crippen LogP contribution in [0.15, 0.2) is 47.3 Å². The minimum atomic E-state index is -0.518. The monoisotopic (exact) mass is 351 g/mol. The first kappa shape index (κ1) is 16.2. The molecule has 0 saturated carbocycles. The van der Waals surface area contributed by atoms with E-state index in [1.807, 2.05) is 0 Å². The Morgan fingerprint density at radius 3 is 2.81 bits per heavy atom. The third-order valence-electron chi connectivity index (χ3n) is 4.59. The van der Waals surface area contributed by atoms with Gasteiger partial charge in [-0.05, 0) is 43.7 Å². The fourth-order valence-electron chi connectivity index (χ4n) is 3.36. The highest BCUT2D eigenvalue weighted by Crippen LogP contribution is 2.26. The normalized spacial score (nSPS) is 16.8. The molecule has 0 amide bonds. The highest BCUT2D eigenvalue weighted by Gasteiger charge is 2.24. The van der Waals surface area contributed by atoms with Crippen LogP contribution >= 0.6 is 0 Å². The molecule has 26 heavy (non-hydrogen) atoms. The van der Waals surface area contributed by atoms with Crippen molar-refractivity contribution >= 4 is 22.3 Å². The Balaban J connectivity index is 2.04. The summed E-state index contributed by atoms with van der Waals surface area (Å²) in [5.74, 6) is 0.597. The van der Waals surface area contributed by atoms with E-state index in [0.29, 0.717) is 22.7 Å². The summed E-state index contributed by atoms with van der Waals surface area (Å²) in [5, 5.41) is 14.7. The van der Waals surface area contributed by atoms with Crippen LogP contribution in [0.25, 0.3) is 16.6 Å². The van der Waals surface area contributed by atoms with Crippen LogP contribution in [0.1, 0.15) is 24.7 Å². The summed E-state index contributed by atoms with van der Waals surface area (Å²) < 4.78 is 1.51. The predicted octanol–water partition coefficient (Wildman–Crippen LogP) is 2.30. The van der Waals surface area contributed by atoms with Gasteiger partial charge in [-0.15, -0.1) is 0 Å². The lowest BCUT2D eigenvalue weighted by molar-refractivity contribution is -0.384. The predicted molar refractivity (Wildman–Crippen MR) is 98.4 cm³/mol. The zero-order valence-electron chi connectivity index (χ0n) is 13.9. The summed E-state index contributed by atoms with van der Waals surface area (Å²) in [5.41, 5.74) is 6.98. The minimum absolute atomic E-state index is 0.0521. The lowest BCUT2D eigenvalue weighted by Gasteiger charge is -2.18. The lowest BCUT2D eigenvalue weighted by Crippen LogP contribution is -2.28. The van der Waals surface area contributed by atoms with Crippen LogP contribution in [-0.2, 0) is 0 Å². The van der Waals surface area contributed by atoms with Gasteiger partial charge < -0.3 is 11.1 Å². The first-order chi connectivity index (χ1) is 12.5. The SMILES string of the molecule is Nc1cccc(-n2c(C3CCCN3)nc3ccc([N+](=O)[O-])cc3c2=O)c1. The Bertz CT molecular complexity index is 1070. The first-order valence-electron chi connectivity index (χ1n) is 8.35. The van der Waals surface area contributed by atoms with Crippen LogP contribution in [-0.4, -0.2) is 21.0 Å². The summed E-state index contributed by atoms with van der Waals surface area (Å²) in [6.45, 7) is 0.857. The van der Waals surface area contributed by atoms with E-state index in [2.05, 4.69) is 10.3 Å². The molecule has 1 fully saturated rings. The lowest BCUT2D eigenvalue weighted by atomic mass is 10.1. The van der Waals surface area contributed by atoms with Crippen LogP contribution in [0.2, 0.25) is 0 Å². The second-order valence-corrected chi connectivity index (χ2v) is 6.31. The van der Waals surface area contributed by atoms with Gasteiger partial charge in [0.1, 0.15) is 5.82 Å². The van der Waals surface area contributed by atoms with E-state index in [9.17, 15) is 14.9 Å². The number of nitrogen functional groups attached to an aromatic ring is 1. The summed E-state index contributed by atoms with van der Waals surface area (Å²) in [7, 11) is 0. The smallest absolute Gasteiger partial charge is 0.270 e. The number of nitrogens with two attached hydrogens (primary N) is 1. The number of nitrogens with zero attached hydrogens (tertiary/aromatic N) is 3. The molecule has 1 atom stereocenters. The van der Waals surface area contributed by atoms with Crippen molar-refractivity contribution in [1.82, 2.24) is 14.9 Å². The molecule has 3 aromatic rings. The highest BCUT2D eigenvalue weighted by atomic mass is 16.6. The molecule has 0 bridgehead atoms. The van der Waals surface area contributed by atoms with E-state index in [1.165, 1.54) is 22.8 Å². The maximum Gasteiger partial charge on any atom is 0.270 e. The van der Waals surface area contributed by atoms with Crippen molar-refractivity contribution < 1.29 is 4.92 Å².